The molecule has 98 valence electrons. The molecule has 0 saturated heterocycles. The first-order valence-electron chi connectivity index (χ1n) is 5.41. The van der Waals surface area contributed by atoms with Crippen LogP contribution < -0.4 is 0 Å². The standard InChI is InChI=1S/C10H24O4P2/c1-6-10(7-13-2,8-14-15(3)11)9-16(4,5)12/h15H,6-9H2,1-5H3. The van der Waals surface area contributed by atoms with Crippen LogP contribution in [-0.2, 0) is 18.4 Å². The number of hydrogen-bond acceptors (Lipinski definition) is 4. The Morgan fingerprint density at radius 1 is 1.31 bits per heavy atom. The van der Waals surface area contributed by atoms with Crippen molar-refractivity contribution in [2.45, 2.75) is 13.3 Å². The molecule has 2 atom stereocenters. The van der Waals surface area contributed by atoms with Crippen LogP contribution in [0.3, 0.4) is 0 Å². The van der Waals surface area contributed by atoms with Crippen LogP contribution in [0.25, 0.3) is 0 Å². The monoisotopic (exact) mass is 270 g/mol. The Kier molecular flexibility index (Phi) is 7.12. The van der Waals surface area contributed by atoms with Gasteiger partial charge >= 0.3 is 0 Å². The molecule has 0 saturated carbocycles. The molecule has 0 N–H and O–H groups in total. The minimum Gasteiger partial charge on any atom is -0.384 e. The molecule has 0 aliphatic rings. The summed E-state index contributed by atoms with van der Waals surface area (Å²) in [6, 6.07) is 0. The minimum absolute atomic E-state index is 0.274. The van der Waals surface area contributed by atoms with Crippen molar-refractivity contribution in [3.63, 3.8) is 0 Å². The molecule has 0 aromatic carbocycles. The molecule has 0 heterocycles. The zero-order chi connectivity index (χ0) is 12.8. The molecule has 4 nitrogen and oxygen atoms in total. The van der Waals surface area contributed by atoms with E-state index in [1.165, 1.54) is 0 Å². The van der Waals surface area contributed by atoms with Crippen molar-refractivity contribution in [1.29, 1.82) is 0 Å². The van der Waals surface area contributed by atoms with Crippen LogP contribution >= 0.6 is 15.2 Å². The smallest absolute Gasteiger partial charge is 0.188 e. The molecule has 0 rings (SSSR count). The van der Waals surface area contributed by atoms with E-state index in [9.17, 15) is 9.13 Å². The van der Waals surface area contributed by atoms with E-state index in [-0.39, 0.29) is 5.41 Å². The Balaban J connectivity index is 4.70. The maximum Gasteiger partial charge on any atom is 0.188 e. The summed E-state index contributed by atoms with van der Waals surface area (Å²) in [5, 5.41) is 0. The zero-order valence-electron chi connectivity index (χ0n) is 10.9. The third-order valence-electron chi connectivity index (χ3n) is 2.50. The normalized spacial score (nSPS) is 18.1. The fourth-order valence-electron chi connectivity index (χ4n) is 1.82. The van der Waals surface area contributed by atoms with E-state index in [4.69, 9.17) is 9.26 Å². The molecular weight excluding hydrogens is 246 g/mol. The summed E-state index contributed by atoms with van der Waals surface area (Å²) >= 11 is 0. The molecule has 0 aromatic rings. The van der Waals surface area contributed by atoms with Gasteiger partial charge in [-0.2, -0.15) is 0 Å². The second-order valence-corrected chi connectivity index (χ2v) is 9.53. The Bertz CT molecular complexity index is 274. The first-order valence-corrected chi connectivity index (χ1v) is 10.0. The summed E-state index contributed by atoms with van der Waals surface area (Å²) < 4.78 is 33.4. The van der Waals surface area contributed by atoms with E-state index in [1.54, 1.807) is 27.1 Å². The Morgan fingerprint density at radius 2 is 1.88 bits per heavy atom. The van der Waals surface area contributed by atoms with Gasteiger partial charge in [0, 0.05) is 25.4 Å². The molecule has 16 heavy (non-hydrogen) atoms. The molecule has 0 aliphatic heterocycles. The summed E-state index contributed by atoms with van der Waals surface area (Å²) in [5.74, 6) is 0. The van der Waals surface area contributed by atoms with Crippen LogP contribution in [0.1, 0.15) is 13.3 Å². The Hall–Kier alpha value is 0.380. The van der Waals surface area contributed by atoms with Gasteiger partial charge in [-0.25, -0.2) is 0 Å². The van der Waals surface area contributed by atoms with Crippen LogP contribution in [0.2, 0.25) is 0 Å². The maximum absolute atomic E-state index is 11.9. The SMILES string of the molecule is CCC(COC)(CO[PH](C)=O)CP(C)(C)=O. The quantitative estimate of drug-likeness (QED) is 0.636. The van der Waals surface area contributed by atoms with Crippen molar-refractivity contribution in [1.82, 2.24) is 0 Å². The van der Waals surface area contributed by atoms with Gasteiger partial charge < -0.3 is 13.8 Å². The van der Waals surface area contributed by atoms with E-state index in [1.807, 2.05) is 6.92 Å². The van der Waals surface area contributed by atoms with Crippen molar-refractivity contribution in [3.8, 4) is 0 Å². The van der Waals surface area contributed by atoms with E-state index in [0.29, 0.717) is 19.4 Å². The number of rotatable bonds is 8. The summed E-state index contributed by atoms with van der Waals surface area (Å²) in [6.07, 6.45) is 1.38. The number of methoxy groups -OCH3 is 1. The lowest BCUT2D eigenvalue weighted by molar-refractivity contribution is 0.0536. The van der Waals surface area contributed by atoms with Gasteiger partial charge in [0.25, 0.3) is 0 Å². The summed E-state index contributed by atoms with van der Waals surface area (Å²) in [6.45, 7) is 7.96. The topological polar surface area (TPSA) is 52.6 Å². The van der Waals surface area contributed by atoms with E-state index < -0.39 is 15.2 Å². The Morgan fingerprint density at radius 3 is 2.19 bits per heavy atom. The van der Waals surface area contributed by atoms with Gasteiger partial charge in [-0.1, -0.05) is 6.92 Å². The fourth-order valence-corrected chi connectivity index (χ4v) is 4.35. The van der Waals surface area contributed by atoms with Gasteiger partial charge in [0.1, 0.15) is 0 Å². The predicted molar refractivity (Wildman–Crippen MR) is 69.8 cm³/mol. The highest BCUT2D eigenvalue weighted by molar-refractivity contribution is 7.62. The maximum atomic E-state index is 11.9. The van der Waals surface area contributed by atoms with Gasteiger partial charge in [0.2, 0.25) is 0 Å². The summed E-state index contributed by atoms with van der Waals surface area (Å²) in [5.41, 5.74) is -0.274. The van der Waals surface area contributed by atoms with Gasteiger partial charge in [-0.15, -0.1) is 0 Å². The number of ether oxygens (including phenoxy) is 1. The highest BCUT2D eigenvalue weighted by Gasteiger charge is 2.33. The first-order chi connectivity index (χ1) is 7.24. The van der Waals surface area contributed by atoms with Crippen molar-refractivity contribution in [2.24, 2.45) is 5.41 Å². The van der Waals surface area contributed by atoms with Gasteiger partial charge in [-0.3, -0.25) is 4.57 Å². The van der Waals surface area contributed by atoms with Gasteiger partial charge in [0.05, 0.1) is 20.4 Å². The second-order valence-electron chi connectivity index (χ2n) is 4.80. The van der Waals surface area contributed by atoms with Crippen LogP contribution in [0, 0.1) is 5.41 Å². The molecule has 0 radical (unpaired) electrons. The zero-order valence-corrected chi connectivity index (χ0v) is 12.8. The number of hydrogen-bond donors (Lipinski definition) is 0. The van der Waals surface area contributed by atoms with E-state index in [2.05, 4.69) is 0 Å². The van der Waals surface area contributed by atoms with E-state index in [0.717, 1.165) is 6.42 Å². The van der Waals surface area contributed by atoms with Crippen molar-refractivity contribution < 1.29 is 18.4 Å². The molecule has 0 amide bonds. The fraction of sp³-hybridized carbons (Fsp3) is 1.00. The van der Waals surface area contributed by atoms with Crippen molar-refractivity contribution in [3.05, 3.63) is 0 Å². The highest BCUT2D eigenvalue weighted by Crippen LogP contribution is 2.45. The third kappa shape index (κ3) is 6.85. The average Bonchev–Trinajstić information content (AvgIpc) is 2.12. The molecular formula is C10H24O4P2. The molecule has 6 heteroatoms. The first kappa shape index (κ1) is 16.4. The summed E-state index contributed by atoms with van der Waals surface area (Å²) in [7, 11) is -2.47. The molecule has 0 aromatic heterocycles. The van der Waals surface area contributed by atoms with Crippen LogP contribution in [0.5, 0.6) is 0 Å². The second kappa shape index (κ2) is 6.96. The lowest BCUT2D eigenvalue weighted by Gasteiger charge is -2.33. The van der Waals surface area contributed by atoms with E-state index >= 15 is 0 Å². The average molecular weight is 270 g/mol. The minimum atomic E-state index is -2.14. The molecule has 0 fully saturated rings. The van der Waals surface area contributed by atoms with Gasteiger partial charge in [0.15, 0.2) is 8.03 Å². The van der Waals surface area contributed by atoms with Crippen molar-refractivity contribution in [2.75, 3.05) is 46.5 Å². The van der Waals surface area contributed by atoms with Crippen LogP contribution in [-0.4, -0.2) is 46.5 Å². The molecule has 2 unspecified atom stereocenters. The third-order valence-corrected chi connectivity index (χ3v) is 4.48. The lowest BCUT2D eigenvalue weighted by atomic mass is 9.89. The molecule has 0 spiro atoms. The lowest BCUT2D eigenvalue weighted by Crippen LogP contribution is -2.34. The molecule has 0 bridgehead atoms. The van der Waals surface area contributed by atoms with Crippen LogP contribution in [0.4, 0.5) is 0 Å². The van der Waals surface area contributed by atoms with Crippen molar-refractivity contribution >= 4 is 15.2 Å². The largest absolute Gasteiger partial charge is 0.384 e. The van der Waals surface area contributed by atoms with Gasteiger partial charge in [-0.05, 0) is 19.8 Å². The van der Waals surface area contributed by atoms with Crippen LogP contribution in [0.15, 0.2) is 0 Å². The Labute approximate surface area is 99.3 Å². The highest BCUT2D eigenvalue weighted by atomic mass is 31.2. The summed E-state index contributed by atoms with van der Waals surface area (Å²) in [4.78, 5) is 0. The predicted octanol–water partition coefficient (Wildman–Crippen LogP) is 2.77. The molecule has 0 aliphatic carbocycles.